The number of carbonyl (C=O) groups excluding carboxylic acids is 1. The van der Waals surface area contributed by atoms with Crippen molar-refractivity contribution >= 4 is 24.0 Å². The average molecular weight is 323 g/mol. The lowest BCUT2D eigenvalue weighted by molar-refractivity contribution is -0.122. The molecule has 2 bridgehead atoms. The Kier molecular flexibility index (Phi) is 5.51. The van der Waals surface area contributed by atoms with Gasteiger partial charge in [-0.3, -0.25) is 4.79 Å². The Morgan fingerprint density at radius 2 is 1.82 bits per heavy atom. The van der Waals surface area contributed by atoms with Gasteiger partial charge in [0.2, 0.25) is 5.91 Å². The van der Waals surface area contributed by atoms with Crippen LogP contribution in [0, 0.1) is 31.6 Å². The molecule has 0 heterocycles. The van der Waals surface area contributed by atoms with Crippen LogP contribution in [-0.2, 0) is 4.79 Å². The van der Waals surface area contributed by atoms with E-state index in [1.807, 2.05) is 19.1 Å². The highest BCUT2D eigenvalue weighted by molar-refractivity contribution is 5.93. The van der Waals surface area contributed by atoms with E-state index in [2.05, 4.69) is 18.3 Å². The van der Waals surface area contributed by atoms with Crippen molar-refractivity contribution in [3.05, 3.63) is 29.3 Å². The fraction of sp³-hybridized carbons (Fsp3) is 0.611. The van der Waals surface area contributed by atoms with Crippen molar-refractivity contribution in [2.45, 2.75) is 52.0 Å². The van der Waals surface area contributed by atoms with Crippen molar-refractivity contribution in [3.63, 3.8) is 0 Å². The lowest BCUT2D eigenvalue weighted by Gasteiger charge is -2.43. The first-order valence-corrected chi connectivity index (χ1v) is 8.18. The second-order valence-corrected chi connectivity index (χ2v) is 7.00. The number of fused-ring (bicyclic) bond motifs is 2. The Hall–Kier alpha value is -1.06. The minimum Gasteiger partial charge on any atom is -0.327 e. The third-order valence-electron chi connectivity index (χ3n) is 5.42. The molecule has 3 nitrogen and oxygen atoms in total. The Morgan fingerprint density at radius 1 is 1.18 bits per heavy atom. The molecular formula is C18H27ClN2O. The van der Waals surface area contributed by atoms with Gasteiger partial charge in [0.25, 0.3) is 0 Å². The van der Waals surface area contributed by atoms with Crippen LogP contribution >= 0.6 is 12.4 Å². The lowest BCUT2D eigenvalue weighted by atomic mass is 9.65. The maximum Gasteiger partial charge on any atom is 0.227 e. The minimum absolute atomic E-state index is 0. The summed E-state index contributed by atoms with van der Waals surface area (Å²) >= 11 is 0. The van der Waals surface area contributed by atoms with Crippen LogP contribution in [-0.4, -0.2) is 11.9 Å². The summed E-state index contributed by atoms with van der Waals surface area (Å²) in [6.45, 7) is 4.12. The maximum absolute atomic E-state index is 12.6. The molecule has 2 aliphatic rings. The number of hydrogen-bond acceptors (Lipinski definition) is 2. The molecule has 4 heteroatoms. The molecule has 2 saturated carbocycles. The maximum atomic E-state index is 12.6. The average Bonchev–Trinajstić information content (AvgIpc) is 2.41. The second-order valence-electron chi connectivity index (χ2n) is 7.00. The van der Waals surface area contributed by atoms with Crippen LogP contribution in [0.1, 0.15) is 43.2 Å². The number of halogens is 1. The number of nitrogens with one attached hydrogen (secondary N) is 1. The molecule has 2 fully saturated rings. The van der Waals surface area contributed by atoms with E-state index >= 15 is 0 Å². The van der Waals surface area contributed by atoms with Crippen LogP contribution in [0.4, 0.5) is 5.69 Å². The van der Waals surface area contributed by atoms with E-state index in [-0.39, 0.29) is 24.2 Å². The monoisotopic (exact) mass is 322 g/mol. The van der Waals surface area contributed by atoms with Gasteiger partial charge in [0.05, 0.1) is 0 Å². The van der Waals surface area contributed by atoms with Gasteiger partial charge < -0.3 is 11.1 Å². The van der Waals surface area contributed by atoms with Gasteiger partial charge in [0.15, 0.2) is 0 Å². The number of aryl methyl sites for hydroxylation is 2. The molecule has 1 aromatic carbocycles. The predicted octanol–water partition coefficient (Wildman–Crippen LogP) is 3.82. The zero-order chi connectivity index (χ0) is 15.0. The fourth-order valence-corrected chi connectivity index (χ4v) is 4.19. The summed E-state index contributed by atoms with van der Waals surface area (Å²) in [7, 11) is 0. The molecule has 122 valence electrons. The van der Waals surface area contributed by atoms with E-state index < -0.39 is 0 Å². The zero-order valence-corrected chi connectivity index (χ0v) is 14.3. The van der Waals surface area contributed by atoms with Gasteiger partial charge in [-0.25, -0.2) is 0 Å². The van der Waals surface area contributed by atoms with Crippen LogP contribution in [0.5, 0.6) is 0 Å². The molecule has 0 saturated heterocycles. The molecule has 2 atom stereocenters. The van der Waals surface area contributed by atoms with Crippen molar-refractivity contribution in [2.24, 2.45) is 23.5 Å². The van der Waals surface area contributed by atoms with Gasteiger partial charge in [-0.2, -0.15) is 0 Å². The van der Waals surface area contributed by atoms with Crippen LogP contribution < -0.4 is 11.1 Å². The molecule has 0 aliphatic heterocycles. The van der Waals surface area contributed by atoms with Gasteiger partial charge in [-0.1, -0.05) is 24.1 Å². The predicted molar refractivity (Wildman–Crippen MR) is 93.3 cm³/mol. The first-order valence-electron chi connectivity index (χ1n) is 8.18. The molecule has 3 rings (SSSR count). The van der Waals surface area contributed by atoms with Gasteiger partial charge in [0.1, 0.15) is 0 Å². The molecule has 22 heavy (non-hydrogen) atoms. The molecule has 3 N–H and O–H groups in total. The second kappa shape index (κ2) is 7.01. The molecule has 2 unspecified atom stereocenters. The number of rotatable bonds is 2. The van der Waals surface area contributed by atoms with Crippen molar-refractivity contribution in [1.82, 2.24) is 0 Å². The summed E-state index contributed by atoms with van der Waals surface area (Å²) in [6.07, 6.45) is 5.62. The summed E-state index contributed by atoms with van der Waals surface area (Å²) in [5.74, 6) is 1.42. The summed E-state index contributed by atoms with van der Waals surface area (Å²) in [5, 5.41) is 3.13. The number of carbonyl (C=O) groups is 1. The highest BCUT2D eigenvalue weighted by Gasteiger charge is 2.40. The highest BCUT2D eigenvalue weighted by Crippen LogP contribution is 2.42. The lowest BCUT2D eigenvalue weighted by Crippen LogP contribution is -2.48. The van der Waals surface area contributed by atoms with Gasteiger partial charge in [0, 0.05) is 17.6 Å². The smallest absolute Gasteiger partial charge is 0.227 e. The number of nitrogens with two attached hydrogens (primary N) is 1. The third kappa shape index (κ3) is 3.47. The standard InChI is InChI=1S/C18H26N2O.ClH/c1-11-6-7-16(12(2)8-11)20-18(21)15-9-13-4-3-5-14(10-15)17(13)19;/h6-8,13-15,17H,3-5,9-10,19H2,1-2H3,(H,20,21);1H. The first kappa shape index (κ1) is 17.3. The molecule has 1 aromatic rings. The van der Waals surface area contributed by atoms with E-state index in [1.54, 1.807) is 0 Å². The quantitative estimate of drug-likeness (QED) is 0.869. The van der Waals surface area contributed by atoms with Crippen molar-refractivity contribution < 1.29 is 4.79 Å². The minimum atomic E-state index is 0. The van der Waals surface area contributed by atoms with E-state index in [0.29, 0.717) is 17.9 Å². The van der Waals surface area contributed by atoms with E-state index in [4.69, 9.17) is 5.73 Å². The molecular weight excluding hydrogens is 296 g/mol. The summed E-state index contributed by atoms with van der Waals surface area (Å²) in [6, 6.07) is 6.50. The summed E-state index contributed by atoms with van der Waals surface area (Å²) in [5.41, 5.74) is 9.62. The zero-order valence-electron chi connectivity index (χ0n) is 13.5. The normalized spacial score (nSPS) is 30.3. The van der Waals surface area contributed by atoms with Gasteiger partial charge in [-0.15, -0.1) is 12.4 Å². The third-order valence-corrected chi connectivity index (χ3v) is 5.42. The van der Waals surface area contributed by atoms with Crippen LogP contribution in [0.15, 0.2) is 18.2 Å². The molecule has 0 spiro atoms. The van der Waals surface area contributed by atoms with Gasteiger partial charge >= 0.3 is 0 Å². The Labute approximate surface area is 139 Å². The Balaban J connectivity index is 0.00000176. The number of amides is 1. The van der Waals surface area contributed by atoms with Crippen LogP contribution in [0.3, 0.4) is 0 Å². The summed E-state index contributed by atoms with van der Waals surface area (Å²) in [4.78, 5) is 12.6. The highest BCUT2D eigenvalue weighted by atomic mass is 35.5. The van der Waals surface area contributed by atoms with Crippen molar-refractivity contribution in [3.8, 4) is 0 Å². The number of anilines is 1. The van der Waals surface area contributed by atoms with E-state index in [9.17, 15) is 4.79 Å². The topological polar surface area (TPSA) is 55.1 Å². The van der Waals surface area contributed by atoms with E-state index in [1.165, 1.54) is 24.8 Å². The van der Waals surface area contributed by atoms with Crippen molar-refractivity contribution in [1.29, 1.82) is 0 Å². The van der Waals surface area contributed by atoms with E-state index in [0.717, 1.165) is 24.1 Å². The molecule has 2 aliphatic carbocycles. The number of hydrogen-bond donors (Lipinski definition) is 2. The summed E-state index contributed by atoms with van der Waals surface area (Å²) < 4.78 is 0. The van der Waals surface area contributed by atoms with Crippen LogP contribution in [0.25, 0.3) is 0 Å². The number of benzene rings is 1. The van der Waals surface area contributed by atoms with Gasteiger partial charge in [-0.05, 0) is 63.0 Å². The SMILES string of the molecule is Cc1ccc(NC(=O)C2CC3CCCC(C2)C3N)c(C)c1.Cl. The van der Waals surface area contributed by atoms with Crippen molar-refractivity contribution in [2.75, 3.05) is 5.32 Å². The first-order chi connectivity index (χ1) is 10.0. The molecule has 1 amide bonds. The Morgan fingerprint density at radius 3 is 2.41 bits per heavy atom. The Bertz CT molecular complexity index is 532. The molecule has 0 radical (unpaired) electrons. The molecule has 0 aromatic heterocycles. The largest absolute Gasteiger partial charge is 0.327 e. The fourth-order valence-electron chi connectivity index (χ4n) is 4.19. The van der Waals surface area contributed by atoms with Crippen LogP contribution in [0.2, 0.25) is 0 Å².